The van der Waals surface area contributed by atoms with Crippen LogP contribution in [0.2, 0.25) is 5.02 Å². The van der Waals surface area contributed by atoms with Gasteiger partial charge in [0.1, 0.15) is 27.7 Å². The van der Waals surface area contributed by atoms with Gasteiger partial charge in [0.25, 0.3) is 5.91 Å². The summed E-state index contributed by atoms with van der Waals surface area (Å²) in [5.41, 5.74) is 3.38. The lowest BCUT2D eigenvalue weighted by Gasteiger charge is -2.19. The molecule has 12 heteroatoms. The molecule has 1 amide bonds. The van der Waals surface area contributed by atoms with Gasteiger partial charge in [-0.15, -0.1) is 0 Å². The molecule has 2 heterocycles. The van der Waals surface area contributed by atoms with Crippen LogP contribution in [0.25, 0.3) is 5.65 Å². The van der Waals surface area contributed by atoms with Gasteiger partial charge in [-0.2, -0.15) is 0 Å². The van der Waals surface area contributed by atoms with Gasteiger partial charge < -0.3 is 15.5 Å². The summed E-state index contributed by atoms with van der Waals surface area (Å²) in [4.78, 5) is 20.7. The molecule has 1 aliphatic rings. The largest absolute Gasteiger partial charge is 0.386 e. The van der Waals surface area contributed by atoms with E-state index in [0.29, 0.717) is 16.4 Å². The smallest absolute Gasteiger partial charge is 0.276 e. The lowest BCUT2D eigenvalue weighted by molar-refractivity contribution is 0.102. The Morgan fingerprint density at radius 2 is 2.03 bits per heavy atom. The van der Waals surface area contributed by atoms with E-state index in [4.69, 9.17) is 17.3 Å². The lowest BCUT2D eigenvalue weighted by atomic mass is 10.2. The van der Waals surface area contributed by atoms with Crippen molar-refractivity contribution >= 4 is 44.5 Å². The van der Waals surface area contributed by atoms with Crippen molar-refractivity contribution in [2.45, 2.75) is 30.0 Å². The normalized spacial score (nSPS) is 16.6. The highest BCUT2D eigenvalue weighted by Gasteiger charge is 2.61. The number of benzene rings is 1. The number of halogens is 3. The van der Waals surface area contributed by atoms with Crippen molar-refractivity contribution in [3.63, 3.8) is 0 Å². The number of aromatic nitrogens is 2. The van der Waals surface area contributed by atoms with E-state index in [-0.39, 0.29) is 30.1 Å². The second-order valence-corrected chi connectivity index (χ2v) is 10.5. The minimum atomic E-state index is -4.54. The predicted molar refractivity (Wildman–Crippen MR) is 122 cm³/mol. The van der Waals surface area contributed by atoms with Crippen LogP contribution in [0.5, 0.6) is 0 Å². The molecule has 1 fully saturated rings. The van der Waals surface area contributed by atoms with Crippen LogP contribution >= 0.6 is 11.6 Å². The number of imidazole rings is 1. The Bertz CT molecular complexity index is 1420. The first kappa shape index (κ1) is 23.1. The minimum absolute atomic E-state index is 0.00529. The summed E-state index contributed by atoms with van der Waals surface area (Å²) in [6, 6.07) is 6.31. The van der Waals surface area contributed by atoms with E-state index in [9.17, 15) is 17.6 Å². The average Bonchev–Trinajstić information content (AvgIpc) is 3.54. The van der Waals surface area contributed by atoms with E-state index >= 15 is 4.39 Å². The van der Waals surface area contributed by atoms with E-state index in [2.05, 4.69) is 15.3 Å². The summed E-state index contributed by atoms with van der Waals surface area (Å²) in [7, 11) is -3.23. The van der Waals surface area contributed by atoms with Gasteiger partial charge in [0.15, 0.2) is 9.84 Å². The number of sulfone groups is 1. The molecule has 1 aliphatic carbocycles. The first-order valence-electron chi connectivity index (χ1n) is 9.87. The molecule has 0 spiro atoms. The number of pyridine rings is 1. The zero-order chi connectivity index (χ0) is 24.1. The minimum Gasteiger partial charge on any atom is -0.386 e. The summed E-state index contributed by atoms with van der Waals surface area (Å²) in [5.74, 6) is -1.91. The number of aliphatic imine (C=N–C) groups is 1. The highest BCUT2D eigenvalue weighted by atomic mass is 35.5. The highest BCUT2D eigenvalue weighted by molar-refractivity contribution is 7.94. The molecule has 1 saturated carbocycles. The Hall–Kier alpha value is -3.05. The summed E-state index contributed by atoms with van der Waals surface area (Å²) in [5, 5.41) is 2.97. The number of carbonyl (C=O) groups excluding carboxylic acids is 1. The van der Waals surface area contributed by atoms with E-state index < -0.39 is 37.4 Å². The first-order chi connectivity index (χ1) is 15.5. The molecule has 33 heavy (non-hydrogen) atoms. The molecular formula is C21H20ClF2N5O3S. The molecular weight excluding hydrogens is 476 g/mol. The van der Waals surface area contributed by atoms with Crippen molar-refractivity contribution in [1.29, 1.82) is 0 Å². The molecule has 8 nitrogen and oxygen atoms in total. The molecule has 1 atom stereocenters. The molecule has 3 N–H and O–H groups in total. The first-order valence-corrected chi connectivity index (χ1v) is 11.8. The molecule has 0 radical (unpaired) electrons. The van der Waals surface area contributed by atoms with Crippen molar-refractivity contribution < 1.29 is 22.0 Å². The quantitative estimate of drug-likeness (QED) is 0.400. The summed E-state index contributed by atoms with van der Waals surface area (Å²) >= 11 is 5.99. The summed E-state index contributed by atoms with van der Waals surface area (Å²) in [6.45, 7) is 1.67. The van der Waals surface area contributed by atoms with Crippen molar-refractivity contribution in [3.8, 4) is 0 Å². The number of amidine groups is 1. The average molecular weight is 496 g/mol. The van der Waals surface area contributed by atoms with Gasteiger partial charge in [-0.1, -0.05) is 11.6 Å². The summed E-state index contributed by atoms with van der Waals surface area (Å²) in [6.07, 6.45) is 1.81. The third-order valence-electron chi connectivity index (χ3n) is 5.76. The Kier molecular flexibility index (Phi) is 5.65. The SMILES string of the molecule is C/N=C(/N)C1(S(=O)(=O)[C@@H](F)c2cc(NC(=O)c3nc4ccc(Cl)cn4c3C)ccc2F)CC1. The Labute approximate surface area is 193 Å². The number of hydrogen-bond donors (Lipinski definition) is 2. The van der Waals surface area contributed by atoms with Crippen LogP contribution in [0.3, 0.4) is 0 Å². The van der Waals surface area contributed by atoms with Crippen molar-refractivity contribution in [1.82, 2.24) is 9.38 Å². The Morgan fingerprint density at radius 3 is 2.67 bits per heavy atom. The standard InChI is InChI=1S/C21H20ClF2N5O3S/c1-11-17(28-16-6-3-12(22)10-29(11)16)19(30)27-13-4-5-15(23)14(9-13)18(24)33(31,32)21(7-8-21)20(25)26-2/h3-6,9-10,18H,7-8H2,1-2H3,(H2,25,26)(H,27,30)/t18-/m1/s1. The zero-order valence-electron chi connectivity index (χ0n) is 17.6. The van der Waals surface area contributed by atoms with Gasteiger partial charge >= 0.3 is 0 Å². The van der Waals surface area contributed by atoms with Gasteiger partial charge in [-0.25, -0.2) is 22.2 Å². The fourth-order valence-corrected chi connectivity index (χ4v) is 5.83. The number of fused-ring (bicyclic) bond motifs is 1. The predicted octanol–water partition coefficient (Wildman–Crippen LogP) is 3.59. The number of amides is 1. The molecule has 0 unspecified atom stereocenters. The maximum absolute atomic E-state index is 15.2. The number of hydrogen-bond acceptors (Lipinski definition) is 5. The van der Waals surface area contributed by atoms with Crippen molar-refractivity contribution in [2.75, 3.05) is 12.4 Å². The van der Waals surface area contributed by atoms with Crippen LogP contribution in [0, 0.1) is 12.7 Å². The molecule has 0 bridgehead atoms. The third kappa shape index (κ3) is 3.74. The van der Waals surface area contributed by atoms with Gasteiger partial charge in [0.2, 0.25) is 5.50 Å². The van der Waals surface area contributed by atoms with Crippen LogP contribution in [0.1, 0.15) is 40.1 Å². The molecule has 1 aromatic carbocycles. The van der Waals surface area contributed by atoms with E-state index in [1.54, 1.807) is 29.7 Å². The fraction of sp³-hybridized carbons (Fsp3) is 0.286. The van der Waals surface area contributed by atoms with Crippen LogP contribution in [-0.2, 0) is 9.84 Å². The number of aryl methyl sites for hydroxylation is 1. The maximum Gasteiger partial charge on any atom is 0.276 e. The number of rotatable bonds is 6. The van der Waals surface area contributed by atoms with E-state index in [0.717, 1.165) is 12.1 Å². The van der Waals surface area contributed by atoms with Gasteiger partial charge in [0, 0.05) is 24.5 Å². The topological polar surface area (TPSA) is 119 Å². The van der Waals surface area contributed by atoms with E-state index in [1.807, 2.05) is 0 Å². The number of nitrogens with one attached hydrogen (secondary N) is 1. The number of nitrogens with zero attached hydrogens (tertiary/aromatic N) is 3. The Balaban J connectivity index is 1.64. The van der Waals surface area contributed by atoms with Crippen molar-refractivity contribution in [2.24, 2.45) is 10.7 Å². The second-order valence-electron chi connectivity index (χ2n) is 7.78. The highest BCUT2D eigenvalue weighted by Crippen LogP contribution is 2.50. The van der Waals surface area contributed by atoms with Crippen LogP contribution < -0.4 is 11.1 Å². The molecule has 174 valence electrons. The summed E-state index contributed by atoms with van der Waals surface area (Å²) < 4.78 is 55.4. The van der Waals surface area contributed by atoms with Crippen LogP contribution in [0.15, 0.2) is 41.5 Å². The van der Waals surface area contributed by atoms with E-state index in [1.165, 1.54) is 13.1 Å². The lowest BCUT2D eigenvalue weighted by Crippen LogP contribution is -2.40. The van der Waals surface area contributed by atoms with Crippen molar-refractivity contribution in [3.05, 3.63) is 64.3 Å². The molecule has 2 aromatic heterocycles. The van der Waals surface area contributed by atoms with Crippen LogP contribution in [0.4, 0.5) is 14.5 Å². The fourth-order valence-electron chi connectivity index (χ4n) is 3.71. The van der Waals surface area contributed by atoms with Crippen LogP contribution in [-0.4, -0.2) is 41.3 Å². The van der Waals surface area contributed by atoms with Gasteiger partial charge in [0.05, 0.1) is 10.7 Å². The monoisotopic (exact) mass is 495 g/mol. The second kappa shape index (κ2) is 8.07. The number of anilines is 1. The van der Waals surface area contributed by atoms with Gasteiger partial charge in [-0.3, -0.25) is 9.79 Å². The number of nitrogens with two attached hydrogens (primary N) is 1. The van der Waals surface area contributed by atoms with Gasteiger partial charge in [-0.05, 0) is 50.1 Å². The molecule has 3 aromatic rings. The molecule has 0 aliphatic heterocycles. The maximum atomic E-state index is 15.2. The molecule has 0 saturated heterocycles. The molecule has 4 rings (SSSR count). The number of carbonyl (C=O) groups is 1. The number of alkyl halides is 1. The third-order valence-corrected chi connectivity index (χ3v) is 8.49. The Morgan fingerprint density at radius 1 is 1.33 bits per heavy atom. The zero-order valence-corrected chi connectivity index (χ0v) is 19.2.